The molecule has 0 saturated carbocycles. The summed E-state index contributed by atoms with van der Waals surface area (Å²) < 4.78 is 0. The van der Waals surface area contributed by atoms with Crippen LogP contribution in [0.1, 0.15) is 38.8 Å². The molecule has 0 saturated heterocycles. The van der Waals surface area contributed by atoms with E-state index in [1.807, 2.05) is 88.4 Å². The molecule has 0 atom stereocenters. The van der Waals surface area contributed by atoms with Crippen LogP contribution < -0.4 is 0 Å². The minimum absolute atomic E-state index is 0.0680. The zero-order valence-electron chi connectivity index (χ0n) is 15.5. The number of hydrogen-bond acceptors (Lipinski definition) is 2. The number of aliphatic hydroxyl groups excluding tert-OH is 1. The number of carbonyl (C=O) groups is 1. The summed E-state index contributed by atoms with van der Waals surface area (Å²) in [7, 11) is 0. The summed E-state index contributed by atoms with van der Waals surface area (Å²) in [4.78, 5) is 11.7. The fourth-order valence-electron chi connectivity index (χ4n) is 1.73. The third-order valence-electron chi connectivity index (χ3n) is 2.78. The fraction of sp³-hybridized carbons (Fsp3) is 0.174. The molecule has 0 aromatic heterocycles. The van der Waals surface area contributed by atoms with Crippen molar-refractivity contribution in [2.75, 3.05) is 0 Å². The van der Waals surface area contributed by atoms with Gasteiger partial charge in [-0.2, -0.15) is 0 Å². The summed E-state index contributed by atoms with van der Waals surface area (Å²) in [5.41, 5.74) is 1.91. The van der Waals surface area contributed by atoms with E-state index < -0.39 is 0 Å². The van der Waals surface area contributed by atoms with Gasteiger partial charge in [0.25, 0.3) is 0 Å². The van der Waals surface area contributed by atoms with Crippen LogP contribution in [-0.4, -0.2) is 10.9 Å². The molecule has 2 aromatic rings. The molecule has 0 heterocycles. The Bertz CT molecular complexity index is 666. The lowest BCUT2D eigenvalue weighted by Crippen LogP contribution is -1.88. The minimum Gasteiger partial charge on any atom is -0.508 e. The Hall–Kier alpha value is -2.87. The van der Waals surface area contributed by atoms with Crippen molar-refractivity contribution >= 4 is 17.9 Å². The number of benzene rings is 2. The summed E-state index contributed by atoms with van der Waals surface area (Å²) in [6.45, 7) is 8.00. The van der Waals surface area contributed by atoms with Crippen LogP contribution >= 0.6 is 0 Å². The van der Waals surface area contributed by atoms with Gasteiger partial charge in [-0.15, -0.1) is 0 Å². The van der Waals surface area contributed by atoms with E-state index >= 15 is 0 Å². The quantitative estimate of drug-likeness (QED) is 0.385. The van der Waals surface area contributed by atoms with Gasteiger partial charge in [0.15, 0.2) is 5.78 Å². The number of hydrogen-bond donors (Lipinski definition) is 1. The van der Waals surface area contributed by atoms with Gasteiger partial charge >= 0.3 is 0 Å². The predicted molar refractivity (Wildman–Crippen MR) is 109 cm³/mol. The molecule has 0 amide bonds. The molecule has 2 aromatic carbocycles. The summed E-state index contributed by atoms with van der Waals surface area (Å²) >= 11 is 0. The Kier molecular flexibility index (Phi) is 13.0. The van der Waals surface area contributed by atoms with Crippen molar-refractivity contribution in [1.29, 1.82) is 0 Å². The van der Waals surface area contributed by atoms with Crippen LogP contribution in [0.15, 0.2) is 84.7 Å². The Labute approximate surface area is 151 Å². The van der Waals surface area contributed by atoms with E-state index in [1.54, 1.807) is 12.2 Å². The van der Waals surface area contributed by atoms with E-state index in [4.69, 9.17) is 0 Å². The van der Waals surface area contributed by atoms with E-state index in [9.17, 15) is 9.90 Å². The zero-order chi connectivity index (χ0) is 18.9. The molecule has 0 spiro atoms. The third-order valence-corrected chi connectivity index (χ3v) is 2.78. The van der Waals surface area contributed by atoms with Crippen LogP contribution in [0.3, 0.4) is 0 Å². The van der Waals surface area contributed by atoms with Gasteiger partial charge in [-0.25, -0.2) is 0 Å². The molecule has 2 rings (SSSR count). The maximum absolute atomic E-state index is 11.7. The number of ketones is 1. The molecule has 2 heteroatoms. The van der Waals surface area contributed by atoms with Crippen molar-refractivity contribution in [3.05, 3.63) is 95.8 Å². The predicted octanol–water partition coefficient (Wildman–Crippen LogP) is 6.48. The standard InChI is InChI=1S/C19H16O2.2C2H6/c20-18(13-11-16-7-3-1-4-8-16)15-19(21)14-12-17-9-5-2-6-10-17;2*1-2/h1-15,20H;2*1-2H3/b13-11+,14-12+,18-15-;;. The van der Waals surface area contributed by atoms with Crippen molar-refractivity contribution in [1.82, 2.24) is 0 Å². The van der Waals surface area contributed by atoms with Gasteiger partial charge in [0, 0.05) is 6.08 Å². The SMILES string of the molecule is CC.CC.O=C(/C=C(O)/C=C/c1ccccc1)/C=C/c1ccccc1. The maximum Gasteiger partial charge on any atom is 0.182 e. The molecule has 25 heavy (non-hydrogen) atoms. The number of carbonyl (C=O) groups excluding carboxylic acids is 1. The second-order valence-electron chi connectivity index (χ2n) is 4.46. The molecule has 0 fully saturated rings. The lowest BCUT2D eigenvalue weighted by molar-refractivity contribution is -0.110. The molecule has 0 aliphatic rings. The normalized spacial score (nSPS) is 10.6. The Balaban J connectivity index is 0.00000134. The van der Waals surface area contributed by atoms with Crippen LogP contribution in [0.5, 0.6) is 0 Å². The van der Waals surface area contributed by atoms with Crippen molar-refractivity contribution < 1.29 is 9.90 Å². The molecule has 0 unspecified atom stereocenters. The third kappa shape index (κ3) is 10.5. The van der Waals surface area contributed by atoms with Crippen LogP contribution in [-0.2, 0) is 4.79 Å². The van der Waals surface area contributed by atoms with Gasteiger partial charge in [0.2, 0.25) is 0 Å². The largest absolute Gasteiger partial charge is 0.508 e. The van der Waals surface area contributed by atoms with Gasteiger partial charge in [-0.1, -0.05) is 101 Å². The van der Waals surface area contributed by atoms with Crippen molar-refractivity contribution in [3.63, 3.8) is 0 Å². The first-order valence-electron chi connectivity index (χ1n) is 8.65. The van der Waals surface area contributed by atoms with Crippen LogP contribution in [0.4, 0.5) is 0 Å². The van der Waals surface area contributed by atoms with Crippen LogP contribution in [0.2, 0.25) is 0 Å². The second kappa shape index (κ2) is 14.7. The Morgan fingerprint density at radius 2 is 1.12 bits per heavy atom. The molecule has 1 N–H and O–H groups in total. The van der Waals surface area contributed by atoms with E-state index in [-0.39, 0.29) is 11.5 Å². The maximum atomic E-state index is 11.7. The summed E-state index contributed by atoms with van der Waals surface area (Å²) in [6, 6.07) is 19.1. The molecule has 0 aliphatic heterocycles. The highest BCUT2D eigenvalue weighted by molar-refractivity contribution is 6.02. The first kappa shape index (κ1) is 22.1. The molecule has 132 valence electrons. The van der Waals surface area contributed by atoms with Gasteiger partial charge in [0.1, 0.15) is 5.76 Å². The first-order chi connectivity index (χ1) is 12.2. The summed E-state index contributed by atoms with van der Waals surface area (Å²) in [5.74, 6) is -0.323. The van der Waals surface area contributed by atoms with Gasteiger partial charge in [-0.05, 0) is 23.3 Å². The van der Waals surface area contributed by atoms with Crippen molar-refractivity contribution in [2.24, 2.45) is 0 Å². The van der Waals surface area contributed by atoms with Crippen molar-refractivity contribution in [3.8, 4) is 0 Å². The molecular weight excluding hydrogens is 308 g/mol. The topological polar surface area (TPSA) is 37.3 Å². The molecule has 0 radical (unpaired) electrons. The second-order valence-corrected chi connectivity index (χ2v) is 4.46. The monoisotopic (exact) mass is 336 g/mol. The first-order valence-corrected chi connectivity index (χ1v) is 8.65. The van der Waals surface area contributed by atoms with Crippen LogP contribution in [0.25, 0.3) is 12.2 Å². The lowest BCUT2D eigenvalue weighted by atomic mass is 10.2. The van der Waals surface area contributed by atoms with E-state index in [0.717, 1.165) is 11.1 Å². The van der Waals surface area contributed by atoms with E-state index in [1.165, 1.54) is 18.2 Å². The highest BCUT2D eigenvalue weighted by Gasteiger charge is 1.94. The summed E-state index contributed by atoms with van der Waals surface area (Å²) in [5, 5.41) is 9.70. The smallest absolute Gasteiger partial charge is 0.182 e. The molecule has 0 bridgehead atoms. The van der Waals surface area contributed by atoms with Gasteiger partial charge < -0.3 is 5.11 Å². The number of allylic oxidation sites excluding steroid dienone is 3. The average Bonchev–Trinajstić information content (AvgIpc) is 2.69. The van der Waals surface area contributed by atoms with E-state index in [2.05, 4.69) is 0 Å². The fourth-order valence-corrected chi connectivity index (χ4v) is 1.73. The van der Waals surface area contributed by atoms with E-state index in [0.29, 0.717) is 0 Å². The van der Waals surface area contributed by atoms with Crippen LogP contribution in [0, 0.1) is 0 Å². The average molecular weight is 336 g/mol. The molecule has 0 aliphatic carbocycles. The Morgan fingerprint density at radius 3 is 1.56 bits per heavy atom. The lowest BCUT2D eigenvalue weighted by Gasteiger charge is -1.93. The molecular formula is C23H28O2. The highest BCUT2D eigenvalue weighted by Crippen LogP contribution is 2.05. The summed E-state index contributed by atoms with van der Waals surface area (Å²) in [6.07, 6.45) is 7.59. The van der Waals surface area contributed by atoms with Gasteiger partial charge in [-0.3, -0.25) is 4.79 Å². The van der Waals surface area contributed by atoms with Crippen molar-refractivity contribution in [2.45, 2.75) is 27.7 Å². The zero-order valence-corrected chi connectivity index (χ0v) is 15.5. The number of rotatable bonds is 5. The number of aliphatic hydroxyl groups is 1. The minimum atomic E-state index is -0.255. The molecule has 2 nitrogen and oxygen atoms in total. The Morgan fingerprint density at radius 1 is 0.720 bits per heavy atom. The van der Waals surface area contributed by atoms with Gasteiger partial charge in [0.05, 0.1) is 0 Å². The highest BCUT2D eigenvalue weighted by atomic mass is 16.3.